The summed E-state index contributed by atoms with van der Waals surface area (Å²) in [6.45, 7) is 2.09. The van der Waals surface area contributed by atoms with Crippen LogP contribution in [-0.2, 0) is 16.6 Å². The maximum atomic E-state index is 12.4. The van der Waals surface area contributed by atoms with Crippen LogP contribution in [-0.4, -0.2) is 25.4 Å². The molecule has 0 aromatic carbocycles. The Morgan fingerprint density at radius 3 is 2.76 bits per heavy atom. The number of aromatic nitrogens is 2. The Balaban J connectivity index is 2.27. The summed E-state index contributed by atoms with van der Waals surface area (Å²) in [7, 11) is -2.05. The predicted octanol–water partition coefficient (Wildman–Crippen LogP) is 2.07. The quantitative estimate of drug-likeness (QED) is 0.841. The number of nitrogens with one attached hydrogen (secondary N) is 2. The van der Waals surface area contributed by atoms with Crippen LogP contribution in [0.4, 0.5) is 5.82 Å². The highest BCUT2D eigenvalue weighted by molar-refractivity contribution is 9.10. The number of rotatable bonds is 5. The van der Waals surface area contributed by atoms with Crippen LogP contribution >= 0.6 is 15.9 Å². The Hall–Kier alpha value is -1.51. The molecule has 8 heteroatoms. The highest BCUT2D eigenvalue weighted by Gasteiger charge is 2.19. The molecule has 112 valence electrons. The molecule has 2 rings (SSSR count). The lowest BCUT2D eigenvalue weighted by Gasteiger charge is -2.11. The topological polar surface area (TPSA) is 84.0 Å². The van der Waals surface area contributed by atoms with Gasteiger partial charge in [0.05, 0.1) is 0 Å². The van der Waals surface area contributed by atoms with E-state index in [0.717, 1.165) is 11.1 Å². The molecule has 0 aliphatic heterocycles. The molecule has 2 heterocycles. The minimum absolute atomic E-state index is 0.0981. The van der Waals surface area contributed by atoms with E-state index in [4.69, 9.17) is 0 Å². The minimum atomic E-state index is -3.67. The van der Waals surface area contributed by atoms with Crippen molar-refractivity contribution in [1.82, 2.24) is 14.7 Å². The Bertz CT molecular complexity index is 750. The third kappa shape index (κ3) is 3.78. The van der Waals surface area contributed by atoms with Gasteiger partial charge in [0.25, 0.3) is 0 Å². The molecule has 0 amide bonds. The van der Waals surface area contributed by atoms with Gasteiger partial charge in [0.1, 0.15) is 10.7 Å². The average Bonchev–Trinajstić information content (AvgIpc) is 2.46. The number of nitrogens with zero attached hydrogens (tertiary/aromatic N) is 2. The van der Waals surface area contributed by atoms with Gasteiger partial charge >= 0.3 is 0 Å². The molecule has 0 unspecified atom stereocenters. The molecule has 0 saturated heterocycles. The molecule has 2 aromatic rings. The fourth-order valence-corrected chi connectivity index (χ4v) is 3.42. The first-order valence-corrected chi connectivity index (χ1v) is 8.44. The smallest absolute Gasteiger partial charge is 0.244 e. The Kier molecular flexibility index (Phi) is 4.92. The number of aryl methyl sites for hydroxylation is 1. The second kappa shape index (κ2) is 6.50. The zero-order valence-electron chi connectivity index (χ0n) is 11.6. The lowest BCUT2D eigenvalue weighted by molar-refractivity contribution is 0.581. The number of halogens is 1. The third-order valence-corrected chi connectivity index (χ3v) is 4.79. The van der Waals surface area contributed by atoms with Gasteiger partial charge < -0.3 is 5.32 Å². The second-order valence-corrected chi connectivity index (χ2v) is 7.03. The van der Waals surface area contributed by atoms with Crippen LogP contribution < -0.4 is 10.0 Å². The molecule has 0 aliphatic carbocycles. The van der Waals surface area contributed by atoms with Crippen molar-refractivity contribution in [3.05, 3.63) is 46.3 Å². The van der Waals surface area contributed by atoms with E-state index in [0.29, 0.717) is 10.3 Å². The maximum absolute atomic E-state index is 12.4. The monoisotopic (exact) mass is 370 g/mol. The Morgan fingerprint density at radius 2 is 2.10 bits per heavy atom. The highest BCUT2D eigenvalue weighted by atomic mass is 79.9. The molecular formula is C13H15BrN4O2S. The van der Waals surface area contributed by atoms with Gasteiger partial charge in [-0.25, -0.2) is 18.1 Å². The third-order valence-electron chi connectivity index (χ3n) is 2.95. The van der Waals surface area contributed by atoms with E-state index in [1.54, 1.807) is 19.4 Å². The number of hydrogen-bond acceptors (Lipinski definition) is 5. The lowest BCUT2D eigenvalue weighted by atomic mass is 10.2. The van der Waals surface area contributed by atoms with E-state index < -0.39 is 10.0 Å². The lowest BCUT2D eigenvalue weighted by Crippen LogP contribution is -2.25. The highest BCUT2D eigenvalue weighted by Crippen LogP contribution is 2.22. The molecule has 21 heavy (non-hydrogen) atoms. The van der Waals surface area contributed by atoms with Crippen molar-refractivity contribution in [2.45, 2.75) is 18.4 Å². The van der Waals surface area contributed by atoms with Gasteiger partial charge in [-0.15, -0.1) is 0 Å². The normalized spacial score (nSPS) is 11.4. The van der Waals surface area contributed by atoms with Gasteiger partial charge in [0.15, 0.2) is 0 Å². The molecule has 0 bridgehead atoms. The molecule has 2 aromatic heterocycles. The predicted molar refractivity (Wildman–Crippen MR) is 84.5 cm³/mol. The molecule has 0 fully saturated rings. The fourth-order valence-electron chi connectivity index (χ4n) is 1.75. The molecule has 0 aliphatic rings. The molecule has 0 radical (unpaired) electrons. The van der Waals surface area contributed by atoms with Crippen LogP contribution in [0.25, 0.3) is 0 Å². The largest absolute Gasteiger partial charge is 0.372 e. The summed E-state index contributed by atoms with van der Waals surface area (Å²) in [6.07, 6.45) is 4.86. The van der Waals surface area contributed by atoms with E-state index in [9.17, 15) is 8.42 Å². The van der Waals surface area contributed by atoms with E-state index >= 15 is 0 Å². The van der Waals surface area contributed by atoms with Crippen molar-refractivity contribution in [3.8, 4) is 0 Å². The molecule has 6 nitrogen and oxygen atoms in total. The zero-order chi connectivity index (χ0) is 15.5. The minimum Gasteiger partial charge on any atom is -0.372 e. The van der Waals surface area contributed by atoms with Gasteiger partial charge in [0.2, 0.25) is 10.0 Å². The zero-order valence-corrected chi connectivity index (χ0v) is 14.0. The molecular weight excluding hydrogens is 356 g/mol. The van der Waals surface area contributed by atoms with Crippen molar-refractivity contribution < 1.29 is 8.42 Å². The summed E-state index contributed by atoms with van der Waals surface area (Å²) in [5.41, 5.74) is 1.81. The summed E-state index contributed by atoms with van der Waals surface area (Å²) in [6, 6.07) is 3.35. The molecule has 0 atom stereocenters. The van der Waals surface area contributed by atoms with Crippen molar-refractivity contribution in [3.63, 3.8) is 0 Å². The van der Waals surface area contributed by atoms with Crippen LogP contribution in [0.5, 0.6) is 0 Å². The SMILES string of the molecule is CNc1ncc(Br)cc1S(=O)(=O)NCc1cnccc1C. The summed E-state index contributed by atoms with van der Waals surface area (Å²) >= 11 is 3.23. The molecule has 0 saturated carbocycles. The van der Waals surface area contributed by atoms with Gasteiger partial charge in [-0.1, -0.05) is 0 Å². The number of hydrogen-bond donors (Lipinski definition) is 2. The van der Waals surface area contributed by atoms with Crippen molar-refractivity contribution in [2.75, 3.05) is 12.4 Å². The van der Waals surface area contributed by atoms with E-state index in [2.05, 4.69) is 35.9 Å². The van der Waals surface area contributed by atoms with Crippen molar-refractivity contribution in [2.24, 2.45) is 0 Å². The Morgan fingerprint density at radius 1 is 1.33 bits per heavy atom. The second-order valence-electron chi connectivity index (χ2n) is 4.38. The first kappa shape index (κ1) is 15.9. The van der Waals surface area contributed by atoms with Crippen LogP contribution in [0, 0.1) is 6.92 Å². The first-order chi connectivity index (χ1) is 9.94. The average molecular weight is 371 g/mol. The van der Waals surface area contributed by atoms with Gasteiger partial charge in [-0.2, -0.15) is 0 Å². The maximum Gasteiger partial charge on any atom is 0.244 e. The van der Waals surface area contributed by atoms with Gasteiger partial charge in [0, 0.05) is 36.7 Å². The van der Waals surface area contributed by atoms with Gasteiger partial charge in [-0.05, 0) is 46.1 Å². The van der Waals surface area contributed by atoms with Crippen LogP contribution in [0.3, 0.4) is 0 Å². The number of pyridine rings is 2. The van der Waals surface area contributed by atoms with Crippen LogP contribution in [0.1, 0.15) is 11.1 Å². The van der Waals surface area contributed by atoms with E-state index in [1.165, 1.54) is 12.3 Å². The summed E-state index contributed by atoms with van der Waals surface area (Å²) in [5.74, 6) is 0.300. The first-order valence-electron chi connectivity index (χ1n) is 6.16. The summed E-state index contributed by atoms with van der Waals surface area (Å²) < 4.78 is 28.0. The molecule has 0 spiro atoms. The number of anilines is 1. The van der Waals surface area contributed by atoms with Gasteiger partial charge in [-0.3, -0.25) is 4.98 Å². The van der Waals surface area contributed by atoms with E-state index in [1.807, 2.05) is 13.0 Å². The van der Waals surface area contributed by atoms with Crippen molar-refractivity contribution in [1.29, 1.82) is 0 Å². The van der Waals surface area contributed by atoms with Crippen LogP contribution in [0.15, 0.2) is 40.1 Å². The summed E-state index contributed by atoms with van der Waals surface area (Å²) in [4.78, 5) is 8.14. The number of sulfonamides is 1. The van der Waals surface area contributed by atoms with E-state index in [-0.39, 0.29) is 11.4 Å². The van der Waals surface area contributed by atoms with Crippen molar-refractivity contribution >= 4 is 31.8 Å². The standard InChI is InChI=1S/C13H15BrN4O2S/c1-9-3-4-16-6-10(9)7-18-21(19,20)12-5-11(14)8-17-13(12)15-2/h3-6,8,18H,7H2,1-2H3,(H,15,17). The van der Waals surface area contributed by atoms with Crippen LogP contribution in [0.2, 0.25) is 0 Å². The summed E-state index contributed by atoms with van der Waals surface area (Å²) in [5, 5.41) is 2.78. The Labute approximate surface area is 132 Å². The molecule has 2 N–H and O–H groups in total. The fraction of sp³-hybridized carbons (Fsp3) is 0.231.